The number of nitriles is 1. The number of hydrogen-bond acceptors (Lipinski definition) is 10. The van der Waals surface area contributed by atoms with Crippen LogP contribution in [0.15, 0.2) is 52.9 Å². The van der Waals surface area contributed by atoms with Crippen LogP contribution in [0, 0.1) is 11.3 Å². The SMILES string of the molecule is [2H]C[C@@]12CO[C@@H]([C@H](n3cc(-c4nccs4)c(NC(=O)c4ccccc4)nc3=O)O1)[C@@H]2OP(C)OCCC#N. The Morgan fingerprint density at radius 1 is 1.46 bits per heavy atom. The van der Waals surface area contributed by atoms with Crippen LogP contribution in [0.1, 0.15) is 31.3 Å². The van der Waals surface area contributed by atoms with Crippen LogP contribution in [0.4, 0.5) is 5.82 Å². The smallest absolute Gasteiger partial charge is 0.351 e. The van der Waals surface area contributed by atoms with E-state index < -0.39 is 44.0 Å². The van der Waals surface area contributed by atoms with E-state index in [9.17, 15) is 9.59 Å². The topological polar surface area (TPSA) is 138 Å². The molecule has 2 fully saturated rings. The average molecular weight is 543 g/mol. The fourth-order valence-electron chi connectivity index (χ4n) is 4.16. The molecular weight excluding hydrogens is 517 g/mol. The van der Waals surface area contributed by atoms with Crippen molar-refractivity contribution in [3.05, 3.63) is 64.2 Å². The third-order valence-electron chi connectivity index (χ3n) is 5.88. The maximum absolute atomic E-state index is 13.2. The molecule has 1 amide bonds. The highest BCUT2D eigenvalue weighted by molar-refractivity contribution is 7.46. The van der Waals surface area contributed by atoms with Crippen molar-refractivity contribution in [1.29, 1.82) is 5.26 Å². The molecule has 0 aliphatic carbocycles. The monoisotopic (exact) mass is 542 g/mol. The predicted octanol–water partition coefficient (Wildman–Crippen LogP) is 3.56. The number of hydrogen-bond donors (Lipinski definition) is 1. The summed E-state index contributed by atoms with van der Waals surface area (Å²) in [6.07, 6.45) is 1.12. The van der Waals surface area contributed by atoms with Crippen molar-refractivity contribution in [3.8, 4) is 16.6 Å². The molecule has 37 heavy (non-hydrogen) atoms. The number of anilines is 1. The first kappa shape index (κ1) is 24.3. The molecule has 2 aromatic heterocycles. The molecule has 1 N–H and O–H groups in total. The average Bonchev–Trinajstić information content (AvgIpc) is 3.65. The minimum Gasteiger partial charge on any atom is -0.368 e. The highest BCUT2D eigenvalue weighted by atomic mass is 32.1. The molecule has 0 saturated carbocycles. The van der Waals surface area contributed by atoms with Gasteiger partial charge in [-0.15, -0.1) is 11.3 Å². The maximum Gasteiger partial charge on any atom is 0.351 e. The van der Waals surface area contributed by atoms with Crippen molar-refractivity contribution in [3.63, 3.8) is 0 Å². The van der Waals surface area contributed by atoms with E-state index in [4.69, 9.17) is 25.2 Å². The predicted molar refractivity (Wildman–Crippen MR) is 136 cm³/mol. The van der Waals surface area contributed by atoms with Crippen LogP contribution in [0.3, 0.4) is 0 Å². The van der Waals surface area contributed by atoms with Gasteiger partial charge in [0.15, 0.2) is 20.4 Å². The minimum absolute atomic E-state index is 0.0742. The van der Waals surface area contributed by atoms with Crippen molar-refractivity contribution in [2.75, 3.05) is 25.2 Å². The van der Waals surface area contributed by atoms with Crippen molar-refractivity contribution < 1.29 is 24.7 Å². The van der Waals surface area contributed by atoms with Gasteiger partial charge in [0.25, 0.3) is 5.91 Å². The van der Waals surface area contributed by atoms with E-state index in [1.165, 1.54) is 22.1 Å². The van der Waals surface area contributed by atoms with Crippen LogP contribution in [-0.4, -0.2) is 58.1 Å². The van der Waals surface area contributed by atoms with Gasteiger partial charge in [-0.2, -0.15) is 10.2 Å². The Hall–Kier alpha value is -3.04. The third-order valence-corrected chi connectivity index (χ3v) is 7.76. The molecule has 2 saturated heterocycles. The lowest BCUT2D eigenvalue weighted by Crippen LogP contribution is -2.39. The molecule has 0 radical (unpaired) electrons. The Bertz CT molecular complexity index is 1390. The number of rotatable bonds is 9. The van der Waals surface area contributed by atoms with E-state index in [2.05, 4.69) is 15.3 Å². The fraction of sp³-hybridized carbons (Fsp3) is 0.375. The van der Waals surface area contributed by atoms with E-state index in [1.807, 2.05) is 6.07 Å². The molecule has 2 aliphatic heterocycles. The van der Waals surface area contributed by atoms with Gasteiger partial charge in [0, 0.05) is 31.4 Å². The number of carbonyl (C=O) groups is 1. The van der Waals surface area contributed by atoms with Crippen LogP contribution < -0.4 is 11.0 Å². The number of amides is 1. The Kier molecular flexibility index (Phi) is 7.06. The van der Waals surface area contributed by atoms with Crippen molar-refractivity contribution >= 4 is 31.4 Å². The highest BCUT2D eigenvalue weighted by Crippen LogP contribution is 2.51. The Morgan fingerprint density at radius 2 is 2.30 bits per heavy atom. The Labute approximate surface area is 219 Å². The molecular formula is C24H24N5O6PS. The second-order valence-corrected chi connectivity index (χ2v) is 10.6. The summed E-state index contributed by atoms with van der Waals surface area (Å²) >= 11 is 1.33. The number of thiazole rings is 1. The number of ether oxygens (including phenoxy) is 2. The van der Waals surface area contributed by atoms with Gasteiger partial charge in [-0.25, -0.2) is 9.78 Å². The summed E-state index contributed by atoms with van der Waals surface area (Å²) in [5, 5.41) is 13.8. The van der Waals surface area contributed by atoms with E-state index in [1.54, 1.807) is 48.6 Å². The third kappa shape index (κ3) is 5.20. The first-order chi connectivity index (χ1) is 18.5. The lowest BCUT2D eigenvalue weighted by atomic mass is 10.0. The summed E-state index contributed by atoms with van der Waals surface area (Å²) in [5.74, 6) is -0.341. The number of nitrogens with zero attached hydrogens (tertiary/aromatic N) is 4. The molecule has 0 spiro atoms. The molecule has 192 valence electrons. The Morgan fingerprint density at radius 3 is 3.03 bits per heavy atom. The summed E-state index contributed by atoms with van der Waals surface area (Å²) in [4.78, 5) is 34.6. The first-order valence-electron chi connectivity index (χ1n) is 12.0. The summed E-state index contributed by atoms with van der Waals surface area (Å²) in [6, 6.07) is 10.6. The Balaban J connectivity index is 1.45. The van der Waals surface area contributed by atoms with Gasteiger partial charge in [-0.1, -0.05) is 18.2 Å². The maximum atomic E-state index is 13.2. The zero-order chi connectivity index (χ0) is 26.7. The second kappa shape index (κ2) is 10.8. The summed E-state index contributed by atoms with van der Waals surface area (Å²) in [6.45, 7) is 1.97. The lowest BCUT2D eigenvalue weighted by Gasteiger charge is -2.28. The molecule has 2 bridgehead atoms. The normalized spacial score (nSPS) is 25.4. The van der Waals surface area contributed by atoms with Crippen LogP contribution in [0.2, 0.25) is 0 Å². The van der Waals surface area contributed by atoms with Crippen LogP contribution >= 0.6 is 19.7 Å². The van der Waals surface area contributed by atoms with E-state index in [0.717, 1.165) is 0 Å². The second-order valence-electron chi connectivity index (χ2n) is 8.41. The van der Waals surface area contributed by atoms with E-state index >= 15 is 0 Å². The largest absolute Gasteiger partial charge is 0.368 e. The molecule has 5 atom stereocenters. The number of aromatic nitrogens is 3. The van der Waals surface area contributed by atoms with Gasteiger partial charge in [-0.05, 0) is 19.0 Å². The minimum atomic E-state index is -1.38. The van der Waals surface area contributed by atoms with Crippen LogP contribution in [0.25, 0.3) is 10.6 Å². The van der Waals surface area contributed by atoms with Crippen molar-refractivity contribution in [2.45, 2.75) is 37.4 Å². The van der Waals surface area contributed by atoms with Crippen LogP contribution in [0.5, 0.6) is 0 Å². The fourth-order valence-corrected chi connectivity index (χ4v) is 5.85. The van der Waals surface area contributed by atoms with Crippen LogP contribution in [-0.2, 0) is 18.5 Å². The highest BCUT2D eigenvalue weighted by Gasteiger charge is 2.61. The molecule has 5 rings (SSSR count). The molecule has 1 aromatic carbocycles. The standard InChI is InChI=1S/C24H24N5O6PS/c1-24-14-32-17(18(24)35-36(2)33-11-6-9-25)22(34-24)29-13-16(21-26-10-12-37-21)19(28-23(29)31)27-20(30)15-7-4-3-5-8-15/h3-5,7-8,10,12-13,17-18,22H,6,11,14H2,1-2H3,(H,27,28,30,31)/t17-,18+,22-,24+,36?/m1/s1/i1D. The zero-order valence-corrected chi connectivity index (χ0v) is 21.5. The van der Waals surface area contributed by atoms with Crippen molar-refractivity contribution in [1.82, 2.24) is 14.5 Å². The summed E-state index contributed by atoms with van der Waals surface area (Å²) in [7, 11) is -1.38. The van der Waals surface area contributed by atoms with E-state index in [-0.39, 0.29) is 32.4 Å². The number of fused-ring (bicyclic) bond motifs is 2. The molecule has 4 heterocycles. The molecule has 13 heteroatoms. The van der Waals surface area contributed by atoms with Gasteiger partial charge >= 0.3 is 5.69 Å². The molecule has 3 aromatic rings. The van der Waals surface area contributed by atoms with Gasteiger partial charge in [-0.3, -0.25) is 9.36 Å². The molecule has 11 nitrogen and oxygen atoms in total. The number of carbonyl (C=O) groups excluding carboxylic acids is 1. The summed E-state index contributed by atoms with van der Waals surface area (Å²) < 4.78 is 33.4. The quantitative estimate of drug-likeness (QED) is 0.318. The summed E-state index contributed by atoms with van der Waals surface area (Å²) in [5.41, 5.74) is -0.910. The van der Waals surface area contributed by atoms with Gasteiger partial charge in [0.2, 0.25) is 0 Å². The van der Waals surface area contributed by atoms with E-state index in [0.29, 0.717) is 16.1 Å². The number of nitrogens with one attached hydrogen (secondary N) is 1. The van der Waals surface area contributed by atoms with Crippen molar-refractivity contribution in [2.24, 2.45) is 0 Å². The first-order valence-corrected chi connectivity index (χ1v) is 13.8. The van der Waals surface area contributed by atoms with Gasteiger partial charge in [0.1, 0.15) is 22.8 Å². The van der Waals surface area contributed by atoms with Gasteiger partial charge < -0.3 is 23.8 Å². The molecule has 2 aliphatic rings. The zero-order valence-electron chi connectivity index (χ0n) is 20.8. The lowest BCUT2D eigenvalue weighted by molar-refractivity contribution is -0.167. The van der Waals surface area contributed by atoms with Gasteiger partial charge in [0.05, 0.1) is 31.3 Å². The molecule has 1 unspecified atom stereocenters. The number of benzene rings is 1.